The summed E-state index contributed by atoms with van der Waals surface area (Å²) < 4.78 is 0. The van der Waals surface area contributed by atoms with Gasteiger partial charge in [-0.2, -0.15) is 0 Å². The highest BCUT2D eigenvalue weighted by atomic mass is 15.3. The largest absolute Gasteiger partial charge is 0.399 e. The van der Waals surface area contributed by atoms with Crippen LogP contribution >= 0.6 is 0 Å². The molecule has 0 bridgehead atoms. The van der Waals surface area contributed by atoms with Crippen LogP contribution in [0, 0.1) is 5.92 Å². The van der Waals surface area contributed by atoms with E-state index in [2.05, 4.69) is 21.9 Å². The summed E-state index contributed by atoms with van der Waals surface area (Å²) in [6, 6.07) is 8.31. The maximum Gasteiger partial charge on any atom is 0.0368 e. The predicted molar refractivity (Wildman–Crippen MR) is 95.3 cm³/mol. The highest BCUT2D eigenvalue weighted by Gasteiger charge is 2.18. The van der Waals surface area contributed by atoms with Gasteiger partial charge in [0.25, 0.3) is 0 Å². The molecule has 1 heterocycles. The summed E-state index contributed by atoms with van der Waals surface area (Å²) in [5.41, 5.74) is 7.94. The van der Waals surface area contributed by atoms with Gasteiger partial charge in [-0.05, 0) is 49.6 Å². The molecule has 3 heteroatoms. The summed E-state index contributed by atoms with van der Waals surface area (Å²) in [6.45, 7) is 6.00. The Kier molecular flexibility index (Phi) is 5.60. The number of rotatable bonds is 5. The Hall–Kier alpha value is -1.22. The molecule has 0 unspecified atom stereocenters. The van der Waals surface area contributed by atoms with E-state index < -0.39 is 0 Å². The van der Waals surface area contributed by atoms with E-state index in [0.29, 0.717) is 0 Å². The zero-order valence-electron chi connectivity index (χ0n) is 13.8. The van der Waals surface area contributed by atoms with Gasteiger partial charge < -0.3 is 10.6 Å². The second-order valence-corrected chi connectivity index (χ2v) is 7.07. The van der Waals surface area contributed by atoms with Gasteiger partial charge in [0.15, 0.2) is 0 Å². The Bertz CT molecular complexity index is 428. The van der Waals surface area contributed by atoms with Crippen molar-refractivity contribution >= 4 is 11.4 Å². The van der Waals surface area contributed by atoms with Gasteiger partial charge in [0.2, 0.25) is 0 Å². The zero-order valence-corrected chi connectivity index (χ0v) is 13.8. The van der Waals surface area contributed by atoms with Gasteiger partial charge in [0.1, 0.15) is 0 Å². The molecule has 0 amide bonds. The Morgan fingerprint density at radius 2 is 1.59 bits per heavy atom. The van der Waals surface area contributed by atoms with Crippen LogP contribution in [0.1, 0.15) is 44.9 Å². The van der Waals surface area contributed by atoms with Crippen molar-refractivity contribution in [2.45, 2.75) is 44.9 Å². The molecular formula is C19H31N3. The first-order valence-electron chi connectivity index (χ1n) is 9.14. The zero-order chi connectivity index (χ0) is 15.2. The van der Waals surface area contributed by atoms with Crippen LogP contribution in [0.5, 0.6) is 0 Å². The molecule has 22 heavy (non-hydrogen) atoms. The minimum atomic E-state index is 0.852. The third kappa shape index (κ3) is 4.39. The SMILES string of the molecule is Nc1ccc(N2CCN(CCCC3CCCCC3)CC2)cc1. The number of nitrogens with zero attached hydrogens (tertiary/aromatic N) is 2. The van der Waals surface area contributed by atoms with Crippen molar-refractivity contribution in [1.29, 1.82) is 0 Å². The maximum absolute atomic E-state index is 5.77. The molecule has 3 nitrogen and oxygen atoms in total. The second-order valence-electron chi connectivity index (χ2n) is 7.07. The second kappa shape index (κ2) is 7.87. The molecule has 1 saturated carbocycles. The molecule has 1 saturated heterocycles. The summed E-state index contributed by atoms with van der Waals surface area (Å²) in [4.78, 5) is 5.13. The molecule has 0 radical (unpaired) electrons. The van der Waals surface area contributed by atoms with E-state index in [-0.39, 0.29) is 0 Å². The first kappa shape index (κ1) is 15.7. The van der Waals surface area contributed by atoms with Crippen LogP contribution in [-0.2, 0) is 0 Å². The van der Waals surface area contributed by atoms with Crippen LogP contribution in [0.3, 0.4) is 0 Å². The molecular weight excluding hydrogens is 270 g/mol. The monoisotopic (exact) mass is 301 g/mol. The summed E-state index contributed by atoms with van der Waals surface area (Å²) >= 11 is 0. The maximum atomic E-state index is 5.77. The topological polar surface area (TPSA) is 32.5 Å². The molecule has 1 aliphatic carbocycles. The van der Waals surface area contributed by atoms with Crippen molar-refractivity contribution in [2.24, 2.45) is 5.92 Å². The number of hydrogen-bond acceptors (Lipinski definition) is 3. The van der Waals surface area contributed by atoms with Crippen LogP contribution in [-0.4, -0.2) is 37.6 Å². The van der Waals surface area contributed by atoms with Gasteiger partial charge in [0, 0.05) is 37.6 Å². The van der Waals surface area contributed by atoms with Crippen molar-refractivity contribution < 1.29 is 0 Å². The van der Waals surface area contributed by atoms with E-state index in [9.17, 15) is 0 Å². The van der Waals surface area contributed by atoms with Crippen LogP contribution in [0.2, 0.25) is 0 Å². The van der Waals surface area contributed by atoms with Crippen LogP contribution in [0.25, 0.3) is 0 Å². The molecule has 3 rings (SSSR count). The summed E-state index contributed by atoms with van der Waals surface area (Å²) in [5.74, 6) is 1.03. The lowest BCUT2D eigenvalue weighted by atomic mass is 9.86. The molecule has 1 aromatic rings. The van der Waals surface area contributed by atoms with Gasteiger partial charge in [-0.15, -0.1) is 0 Å². The van der Waals surface area contributed by atoms with Gasteiger partial charge in [-0.25, -0.2) is 0 Å². The Labute approximate surface area is 135 Å². The van der Waals surface area contributed by atoms with Gasteiger partial charge in [0.05, 0.1) is 0 Å². The lowest BCUT2D eigenvalue weighted by molar-refractivity contribution is 0.237. The fourth-order valence-electron chi connectivity index (χ4n) is 3.99. The number of hydrogen-bond donors (Lipinski definition) is 1. The van der Waals surface area contributed by atoms with Gasteiger partial charge in [-0.1, -0.05) is 32.1 Å². The van der Waals surface area contributed by atoms with E-state index in [0.717, 1.165) is 24.7 Å². The number of benzene rings is 1. The first-order valence-corrected chi connectivity index (χ1v) is 9.14. The highest BCUT2D eigenvalue weighted by Crippen LogP contribution is 2.27. The lowest BCUT2D eigenvalue weighted by Gasteiger charge is -2.36. The summed E-state index contributed by atoms with van der Waals surface area (Å²) in [7, 11) is 0. The molecule has 2 fully saturated rings. The number of nitrogen functional groups attached to an aromatic ring is 1. The van der Waals surface area contributed by atoms with E-state index >= 15 is 0 Å². The molecule has 2 N–H and O–H groups in total. The standard InChI is InChI=1S/C19H31N3/c20-18-8-10-19(11-9-18)22-15-13-21(14-16-22)12-4-7-17-5-2-1-3-6-17/h8-11,17H,1-7,12-16,20H2. The van der Waals surface area contributed by atoms with E-state index in [4.69, 9.17) is 5.73 Å². The van der Waals surface area contributed by atoms with E-state index in [1.807, 2.05) is 12.1 Å². The molecule has 0 atom stereocenters. The fraction of sp³-hybridized carbons (Fsp3) is 0.684. The first-order chi connectivity index (χ1) is 10.8. The number of nitrogens with two attached hydrogens (primary N) is 1. The number of piperazine rings is 1. The minimum Gasteiger partial charge on any atom is -0.399 e. The van der Waals surface area contributed by atoms with Crippen molar-refractivity contribution in [3.8, 4) is 0 Å². The Morgan fingerprint density at radius 3 is 2.27 bits per heavy atom. The fourth-order valence-corrected chi connectivity index (χ4v) is 3.99. The van der Waals surface area contributed by atoms with Gasteiger partial charge >= 0.3 is 0 Å². The Morgan fingerprint density at radius 1 is 0.909 bits per heavy atom. The van der Waals surface area contributed by atoms with E-state index in [1.165, 1.54) is 70.3 Å². The molecule has 0 aromatic heterocycles. The lowest BCUT2D eigenvalue weighted by Crippen LogP contribution is -2.46. The Balaban J connectivity index is 1.35. The van der Waals surface area contributed by atoms with Crippen molar-refractivity contribution in [1.82, 2.24) is 4.90 Å². The van der Waals surface area contributed by atoms with Crippen LogP contribution < -0.4 is 10.6 Å². The third-order valence-corrected chi connectivity index (χ3v) is 5.44. The minimum absolute atomic E-state index is 0.852. The summed E-state index contributed by atoms with van der Waals surface area (Å²) in [6.07, 6.45) is 10.3. The van der Waals surface area contributed by atoms with Crippen molar-refractivity contribution in [2.75, 3.05) is 43.4 Å². The predicted octanol–water partition coefficient (Wildman–Crippen LogP) is 3.75. The quantitative estimate of drug-likeness (QED) is 0.841. The molecule has 2 aliphatic rings. The molecule has 122 valence electrons. The summed E-state index contributed by atoms with van der Waals surface area (Å²) in [5, 5.41) is 0. The normalized spacial score (nSPS) is 21.2. The number of anilines is 2. The molecule has 0 spiro atoms. The van der Waals surface area contributed by atoms with Crippen molar-refractivity contribution in [3.05, 3.63) is 24.3 Å². The van der Waals surface area contributed by atoms with Crippen LogP contribution in [0.4, 0.5) is 11.4 Å². The highest BCUT2D eigenvalue weighted by molar-refractivity contribution is 5.53. The molecule has 1 aliphatic heterocycles. The third-order valence-electron chi connectivity index (χ3n) is 5.44. The van der Waals surface area contributed by atoms with E-state index in [1.54, 1.807) is 0 Å². The smallest absolute Gasteiger partial charge is 0.0368 e. The van der Waals surface area contributed by atoms with Gasteiger partial charge in [-0.3, -0.25) is 4.90 Å². The van der Waals surface area contributed by atoms with Crippen LogP contribution in [0.15, 0.2) is 24.3 Å². The average molecular weight is 301 g/mol. The molecule has 1 aromatic carbocycles. The van der Waals surface area contributed by atoms with Crippen molar-refractivity contribution in [3.63, 3.8) is 0 Å². The average Bonchev–Trinajstić information content (AvgIpc) is 2.57.